The van der Waals surface area contributed by atoms with Crippen LogP contribution in [0.3, 0.4) is 0 Å². The highest BCUT2D eigenvalue weighted by Crippen LogP contribution is 2.23. The molecular weight excluding hydrogens is 478 g/mol. The minimum atomic E-state index is -1.02. The predicted molar refractivity (Wildman–Crippen MR) is 138 cm³/mol. The van der Waals surface area contributed by atoms with Gasteiger partial charge >= 0.3 is 6.09 Å². The normalized spacial score (nSPS) is 12.1. The highest BCUT2D eigenvalue weighted by atomic mass is 16.5. The molecule has 0 aliphatic heterocycles. The number of alkyl carbamates (subject to hydrolysis) is 1. The number of nitrogens with one attached hydrogen (secondary N) is 2. The van der Waals surface area contributed by atoms with E-state index in [1.54, 1.807) is 12.3 Å². The van der Waals surface area contributed by atoms with E-state index in [0.717, 1.165) is 12.0 Å². The van der Waals surface area contributed by atoms with Crippen molar-refractivity contribution in [3.05, 3.63) is 70.5 Å². The van der Waals surface area contributed by atoms with E-state index in [1.807, 2.05) is 18.2 Å². The molecule has 37 heavy (non-hydrogen) atoms. The Hall–Kier alpha value is -4.41. The first kappa shape index (κ1) is 27.2. The van der Waals surface area contributed by atoms with Gasteiger partial charge < -0.3 is 30.1 Å². The van der Waals surface area contributed by atoms with Crippen molar-refractivity contribution in [3.8, 4) is 0 Å². The lowest BCUT2D eigenvalue weighted by molar-refractivity contribution is -0.118. The van der Waals surface area contributed by atoms with E-state index >= 15 is 0 Å². The number of methoxy groups -OCH3 is 1. The number of anilines is 1. The first-order chi connectivity index (χ1) is 17.7. The molecule has 1 aromatic carbocycles. The number of benzene rings is 1. The van der Waals surface area contributed by atoms with Gasteiger partial charge in [0.15, 0.2) is 5.58 Å². The number of aromatic nitrogens is 2. The third-order valence-electron chi connectivity index (χ3n) is 5.45. The molecule has 11 heteroatoms. The third-order valence-corrected chi connectivity index (χ3v) is 5.45. The van der Waals surface area contributed by atoms with Crippen LogP contribution in [-0.4, -0.2) is 40.6 Å². The second kappa shape index (κ2) is 12.5. The summed E-state index contributed by atoms with van der Waals surface area (Å²) in [7, 11) is 1.17. The Bertz CT molecular complexity index is 1360. The summed E-state index contributed by atoms with van der Waals surface area (Å²) >= 11 is 0. The number of hydrogen-bond donors (Lipinski definition) is 3. The van der Waals surface area contributed by atoms with Gasteiger partial charge in [-0.15, -0.1) is 0 Å². The van der Waals surface area contributed by atoms with Crippen LogP contribution in [0, 0.1) is 5.92 Å². The summed E-state index contributed by atoms with van der Waals surface area (Å²) in [6.07, 6.45) is 4.68. The van der Waals surface area contributed by atoms with Crippen molar-refractivity contribution < 1.29 is 23.5 Å². The van der Waals surface area contributed by atoms with Gasteiger partial charge in [-0.25, -0.2) is 9.78 Å². The molecule has 0 saturated carbocycles. The summed E-state index contributed by atoms with van der Waals surface area (Å²) < 4.78 is 11.9. The maximum absolute atomic E-state index is 13.1. The largest absolute Gasteiger partial charge is 0.453 e. The average Bonchev–Trinajstić information content (AvgIpc) is 3.26. The van der Waals surface area contributed by atoms with E-state index in [-0.39, 0.29) is 25.1 Å². The van der Waals surface area contributed by atoms with Gasteiger partial charge in [0.2, 0.25) is 17.7 Å². The molecule has 1 unspecified atom stereocenters. The maximum atomic E-state index is 13.1. The summed E-state index contributed by atoms with van der Waals surface area (Å²) in [5.74, 6) is -0.434. The Morgan fingerprint density at radius 3 is 2.70 bits per heavy atom. The molecule has 2 aromatic heterocycles. The van der Waals surface area contributed by atoms with E-state index in [1.165, 1.54) is 29.9 Å². The van der Waals surface area contributed by atoms with Crippen LogP contribution in [0.5, 0.6) is 0 Å². The fraction of sp³-hybridized carbons (Fsp3) is 0.346. The lowest BCUT2D eigenvalue weighted by Gasteiger charge is -2.17. The number of allylic oxidation sites excluding steroid dienone is 1. The van der Waals surface area contributed by atoms with Gasteiger partial charge in [0.1, 0.15) is 23.8 Å². The number of oxazole rings is 1. The Morgan fingerprint density at radius 1 is 1.22 bits per heavy atom. The molecule has 3 aromatic rings. The van der Waals surface area contributed by atoms with Crippen molar-refractivity contribution in [1.29, 1.82) is 0 Å². The van der Waals surface area contributed by atoms with E-state index in [0.29, 0.717) is 22.9 Å². The summed E-state index contributed by atoms with van der Waals surface area (Å²) in [6, 6.07) is 7.85. The zero-order chi connectivity index (χ0) is 26.9. The number of pyridine rings is 1. The number of carbonyl (C=O) groups is 3. The van der Waals surface area contributed by atoms with Gasteiger partial charge in [-0.05, 0) is 55.0 Å². The number of para-hydroxylation sites is 1. The van der Waals surface area contributed by atoms with Crippen LogP contribution in [-0.2, 0) is 27.3 Å². The molecule has 11 nitrogen and oxygen atoms in total. The first-order valence-electron chi connectivity index (χ1n) is 11.9. The second-order valence-electron chi connectivity index (χ2n) is 8.89. The molecule has 2 heterocycles. The van der Waals surface area contributed by atoms with Gasteiger partial charge in [0.25, 0.3) is 5.56 Å². The van der Waals surface area contributed by atoms with E-state index < -0.39 is 29.5 Å². The standard InChI is InChI=1S/C26H31N5O6/c1-16(2)14-17-8-6-10-18-23(17)37-22(28-18)15-31-13-7-11-20(25(31)34)29-24(33)19(30-26(35)36-3)9-4-5-12-21(27)32/h5-8,10-13,16,19H,4,9,14-15H2,1-3H3,(H2,27,32)(H,29,33)(H,30,35). The number of primary amides is 1. The van der Waals surface area contributed by atoms with Crippen molar-refractivity contribution in [2.45, 2.75) is 45.7 Å². The van der Waals surface area contributed by atoms with Crippen LogP contribution in [0.1, 0.15) is 38.1 Å². The minimum Gasteiger partial charge on any atom is -0.453 e. The smallest absolute Gasteiger partial charge is 0.407 e. The zero-order valence-corrected chi connectivity index (χ0v) is 21.0. The zero-order valence-electron chi connectivity index (χ0n) is 21.0. The third kappa shape index (κ3) is 7.53. The van der Waals surface area contributed by atoms with Crippen molar-refractivity contribution in [2.75, 3.05) is 12.4 Å². The van der Waals surface area contributed by atoms with Gasteiger partial charge in [-0.2, -0.15) is 0 Å². The average molecular weight is 510 g/mol. The Morgan fingerprint density at radius 2 is 2.00 bits per heavy atom. The molecule has 0 aliphatic carbocycles. The van der Waals surface area contributed by atoms with Crippen molar-refractivity contribution >= 4 is 34.7 Å². The van der Waals surface area contributed by atoms with Crippen LogP contribution in [0.4, 0.5) is 10.5 Å². The highest BCUT2D eigenvalue weighted by Gasteiger charge is 2.22. The van der Waals surface area contributed by atoms with Gasteiger partial charge in [-0.1, -0.05) is 32.1 Å². The highest BCUT2D eigenvalue weighted by molar-refractivity contribution is 5.96. The maximum Gasteiger partial charge on any atom is 0.407 e. The van der Waals surface area contributed by atoms with Crippen molar-refractivity contribution in [2.24, 2.45) is 11.7 Å². The number of nitrogens with two attached hydrogens (primary N) is 1. The fourth-order valence-electron chi connectivity index (χ4n) is 3.77. The summed E-state index contributed by atoms with van der Waals surface area (Å²) in [5, 5.41) is 4.99. The molecule has 0 spiro atoms. The molecule has 0 saturated heterocycles. The van der Waals surface area contributed by atoms with Crippen LogP contribution in [0.2, 0.25) is 0 Å². The molecule has 0 fully saturated rings. The monoisotopic (exact) mass is 509 g/mol. The molecule has 0 bridgehead atoms. The van der Waals surface area contributed by atoms with Gasteiger partial charge in [-0.3, -0.25) is 14.4 Å². The van der Waals surface area contributed by atoms with Crippen LogP contribution < -0.4 is 21.9 Å². The number of fused-ring (bicyclic) bond motifs is 1. The molecule has 4 N–H and O–H groups in total. The molecule has 196 valence electrons. The molecule has 1 atom stereocenters. The van der Waals surface area contributed by atoms with Crippen molar-refractivity contribution in [1.82, 2.24) is 14.9 Å². The number of carbonyl (C=O) groups excluding carboxylic acids is 3. The van der Waals surface area contributed by atoms with Crippen LogP contribution in [0.25, 0.3) is 11.1 Å². The van der Waals surface area contributed by atoms with E-state index in [2.05, 4.69) is 34.2 Å². The SMILES string of the molecule is COC(=O)NC(CCC=CC(N)=O)C(=O)Nc1cccn(Cc2nc3cccc(CC(C)C)c3o2)c1=O. The molecule has 3 rings (SSSR count). The Labute approximate surface area is 213 Å². The Balaban J connectivity index is 1.78. The topological polar surface area (TPSA) is 159 Å². The number of rotatable bonds is 11. The number of nitrogens with zero attached hydrogens (tertiary/aromatic N) is 2. The molecule has 0 radical (unpaired) electrons. The summed E-state index contributed by atoms with van der Waals surface area (Å²) in [5.41, 5.74) is 7.09. The summed E-state index contributed by atoms with van der Waals surface area (Å²) in [6.45, 7) is 4.32. The number of ether oxygens (including phenoxy) is 1. The lowest BCUT2D eigenvalue weighted by Crippen LogP contribution is -2.44. The Kier molecular flexibility index (Phi) is 9.20. The van der Waals surface area contributed by atoms with E-state index in [4.69, 9.17) is 10.2 Å². The molecular formula is C26H31N5O6. The quantitative estimate of drug-likeness (QED) is 0.335. The first-order valence-corrected chi connectivity index (χ1v) is 11.9. The van der Waals surface area contributed by atoms with Crippen molar-refractivity contribution in [3.63, 3.8) is 0 Å². The van der Waals surface area contributed by atoms with Crippen LogP contribution >= 0.6 is 0 Å². The molecule has 3 amide bonds. The fourth-order valence-corrected chi connectivity index (χ4v) is 3.77. The number of hydrogen-bond acceptors (Lipinski definition) is 7. The predicted octanol–water partition coefficient (Wildman–Crippen LogP) is 2.72. The summed E-state index contributed by atoms with van der Waals surface area (Å²) in [4.78, 5) is 53.1. The van der Waals surface area contributed by atoms with Crippen LogP contribution in [0.15, 0.2) is 57.9 Å². The minimum absolute atomic E-state index is 0.0217. The van der Waals surface area contributed by atoms with E-state index in [9.17, 15) is 19.2 Å². The van der Waals surface area contributed by atoms with Gasteiger partial charge in [0, 0.05) is 6.20 Å². The number of amides is 3. The second-order valence-corrected chi connectivity index (χ2v) is 8.89. The molecule has 0 aliphatic rings. The lowest BCUT2D eigenvalue weighted by atomic mass is 10.0. The van der Waals surface area contributed by atoms with Gasteiger partial charge in [0.05, 0.1) is 7.11 Å².